The lowest BCUT2D eigenvalue weighted by Gasteiger charge is -2.23. The van der Waals surface area contributed by atoms with E-state index in [1.54, 1.807) is 25.3 Å². The second kappa shape index (κ2) is 5.51. The molecule has 4 nitrogen and oxygen atoms in total. The number of hydrogen-bond donors (Lipinski definition) is 2. The molecule has 0 fully saturated rings. The highest BCUT2D eigenvalue weighted by Gasteiger charge is 2.18. The van der Waals surface area contributed by atoms with Gasteiger partial charge in [0.15, 0.2) is 0 Å². The molecule has 0 heterocycles. The van der Waals surface area contributed by atoms with Crippen molar-refractivity contribution in [1.82, 2.24) is 5.32 Å². The third kappa shape index (κ3) is 4.36. The zero-order chi connectivity index (χ0) is 13.1. The number of carbonyl (C=O) groups is 1. The fourth-order valence-electron chi connectivity index (χ4n) is 1.21. The zero-order valence-corrected chi connectivity index (χ0v) is 11.8. The van der Waals surface area contributed by atoms with Crippen LogP contribution in [0.1, 0.15) is 24.2 Å². The van der Waals surface area contributed by atoms with Gasteiger partial charge in [-0.3, -0.25) is 4.79 Å². The van der Waals surface area contributed by atoms with Crippen molar-refractivity contribution < 1.29 is 9.53 Å². The molecule has 0 saturated carbocycles. The number of halogens is 1. The molecule has 0 atom stereocenters. The Bertz CT molecular complexity index is 399. The maximum absolute atomic E-state index is 11.9. The third-order valence-electron chi connectivity index (χ3n) is 2.41. The van der Waals surface area contributed by atoms with Crippen LogP contribution < -0.4 is 11.1 Å². The number of amides is 1. The molecule has 0 unspecified atom stereocenters. The molecule has 3 N–H and O–H groups in total. The van der Waals surface area contributed by atoms with E-state index < -0.39 is 0 Å². The molecule has 5 heteroatoms. The Morgan fingerprint density at radius 3 is 2.65 bits per heavy atom. The van der Waals surface area contributed by atoms with Gasteiger partial charge in [-0.1, -0.05) is 15.9 Å². The lowest BCUT2D eigenvalue weighted by atomic mass is 10.1. The molecular formula is C12H17BrN2O2. The van der Waals surface area contributed by atoms with Gasteiger partial charge in [-0.2, -0.15) is 0 Å². The van der Waals surface area contributed by atoms with E-state index in [0.29, 0.717) is 17.8 Å². The smallest absolute Gasteiger partial charge is 0.251 e. The highest BCUT2D eigenvalue weighted by atomic mass is 79.9. The summed E-state index contributed by atoms with van der Waals surface area (Å²) >= 11 is 3.30. The summed E-state index contributed by atoms with van der Waals surface area (Å²) in [6.45, 7) is 4.25. The van der Waals surface area contributed by atoms with Gasteiger partial charge in [0.2, 0.25) is 0 Å². The molecule has 0 spiro atoms. The standard InChI is InChI=1S/C12H17BrN2O2/c1-12(2,17-3)7-15-11(16)8-4-9(13)6-10(14)5-8/h4-6H,7,14H2,1-3H3,(H,15,16). The lowest BCUT2D eigenvalue weighted by molar-refractivity contribution is 0.0229. The first-order valence-corrected chi connectivity index (χ1v) is 6.03. The van der Waals surface area contributed by atoms with Gasteiger partial charge in [-0.25, -0.2) is 0 Å². The summed E-state index contributed by atoms with van der Waals surface area (Å²) in [5.74, 6) is -0.164. The number of nitrogens with one attached hydrogen (secondary N) is 1. The molecule has 1 aromatic rings. The molecular weight excluding hydrogens is 284 g/mol. The number of nitrogen functional groups attached to an aromatic ring is 1. The highest BCUT2D eigenvalue weighted by molar-refractivity contribution is 9.10. The average molecular weight is 301 g/mol. The van der Waals surface area contributed by atoms with E-state index in [4.69, 9.17) is 10.5 Å². The van der Waals surface area contributed by atoms with Crippen molar-refractivity contribution in [2.24, 2.45) is 0 Å². The number of anilines is 1. The Morgan fingerprint density at radius 2 is 2.12 bits per heavy atom. The number of nitrogens with two attached hydrogens (primary N) is 1. The summed E-state index contributed by atoms with van der Waals surface area (Å²) in [6, 6.07) is 5.11. The molecule has 17 heavy (non-hydrogen) atoms. The van der Waals surface area contributed by atoms with Crippen molar-refractivity contribution in [2.75, 3.05) is 19.4 Å². The minimum Gasteiger partial charge on any atom is -0.399 e. The SMILES string of the molecule is COC(C)(C)CNC(=O)c1cc(N)cc(Br)c1. The van der Waals surface area contributed by atoms with E-state index in [9.17, 15) is 4.79 Å². The summed E-state index contributed by atoms with van der Waals surface area (Å²) in [6.07, 6.45) is 0. The molecule has 0 radical (unpaired) electrons. The van der Waals surface area contributed by atoms with E-state index in [1.165, 1.54) is 0 Å². The molecule has 0 saturated heterocycles. The van der Waals surface area contributed by atoms with Gasteiger partial charge in [0.05, 0.1) is 5.60 Å². The van der Waals surface area contributed by atoms with E-state index in [-0.39, 0.29) is 11.5 Å². The van der Waals surface area contributed by atoms with Crippen molar-refractivity contribution in [2.45, 2.75) is 19.4 Å². The van der Waals surface area contributed by atoms with Gasteiger partial charge in [0, 0.05) is 29.4 Å². The summed E-state index contributed by atoms with van der Waals surface area (Å²) in [4.78, 5) is 11.9. The Kier molecular flexibility index (Phi) is 4.54. The van der Waals surface area contributed by atoms with Crippen LogP contribution in [0.4, 0.5) is 5.69 Å². The van der Waals surface area contributed by atoms with Gasteiger partial charge < -0.3 is 15.8 Å². The monoisotopic (exact) mass is 300 g/mol. The van der Waals surface area contributed by atoms with Gasteiger partial charge in [-0.15, -0.1) is 0 Å². The van der Waals surface area contributed by atoms with Crippen molar-refractivity contribution in [1.29, 1.82) is 0 Å². The van der Waals surface area contributed by atoms with Crippen LogP contribution in [-0.4, -0.2) is 25.2 Å². The number of hydrogen-bond acceptors (Lipinski definition) is 3. The van der Waals surface area contributed by atoms with Crippen LogP contribution in [0.25, 0.3) is 0 Å². The fourth-order valence-corrected chi connectivity index (χ4v) is 1.72. The Morgan fingerprint density at radius 1 is 1.47 bits per heavy atom. The zero-order valence-electron chi connectivity index (χ0n) is 10.2. The van der Waals surface area contributed by atoms with E-state index in [2.05, 4.69) is 21.2 Å². The van der Waals surface area contributed by atoms with Crippen molar-refractivity contribution in [3.63, 3.8) is 0 Å². The number of benzene rings is 1. The van der Waals surface area contributed by atoms with Gasteiger partial charge >= 0.3 is 0 Å². The minimum atomic E-state index is -0.382. The lowest BCUT2D eigenvalue weighted by Crippen LogP contribution is -2.39. The average Bonchev–Trinajstić information content (AvgIpc) is 2.24. The molecule has 0 aliphatic rings. The van der Waals surface area contributed by atoms with Gasteiger partial charge in [-0.05, 0) is 32.0 Å². The molecule has 0 bridgehead atoms. The van der Waals surface area contributed by atoms with Crippen LogP contribution in [0, 0.1) is 0 Å². The molecule has 1 amide bonds. The normalized spacial score (nSPS) is 11.3. The van der Waals surface area contributed by atoms with Crippen LogP contribution in [0.5, 0.6) is 0 Å². The maximum Gasteiger partial charge on any atom is 0.251 e. The van der Waals surface area contributed by atoms with Crippen LogP contribution in [0.2, 0.25) is 0 Å². The van der Waals surface area contributed by atoms with E-state index >= 15 is 0 Å². The fraction of sp³-hybridized carbons (Fsp3) is 0.417. The second-order valence-corrected chi connectivity index (χ2v) is 5.34. The third-order valence-corrected chi connectivity index (χ3v) is 2.87. The molecule has 0 aliphatic heterocycles. The van der Waals surface area contributed by atoms with Crippen LogP contribution >= 0.6 is 15.9 Å². The van der Waals surface area contributed by atoms with Gasteiger partial charge in [0.1, 0.15) is 0 Å². The molecule has 0 aliphatic carbocycles. The number of rotatable bonds is 4. The Labute approximate surface area is 110 Å². The number of methoxy groups -OCH3 is 1. The summed E-state index contributed by atoms with van der Waals surface area (Å²) in [5.41, 5.74) is 6.37. The summed E-state index contributed by atoms with van der Waals surface area (Å²) < 4.78 is 6.01. The van der Waals surface area contributed by atoms with Crippen LogP contribution in [0.3, 0.4) is 0 Å². The number of ether oxygens (including phenoxy) is 1. The molecule has 1 rings (SSSR count). The van der Waals surface area contributed by atoms with E-state index in [0.717, 1.165) is 4.47 Å². The van der Waals surface area contributed by atoms with E-state index in [1.807, 2.05) is 13.8 Å². The molecule has 1 aromatic carbocycles. The first-order chi connectivity index (χ1) is 7.84. The van der Waals surface area contributed by atoms with Crippen molar-refractivity contribution >= 4 is 27.5 Å². The number of carbonyl (C=O) groups excluding carboxylic acids is 1. The van der Waals surface area contributed by atoms with Crippen molar-refractivity contribution in [3.05, 3.63) is 28.2 Å². The second-order valence-electron chi connectivity index (χ2n) is 4.42. The Hall–Kier alpha value is -1.07. The van der Waals surface area contributed by atoms with Gasteiger partial charge in [0.25, 0.3) is 5.91 Å². The molecule has 0 aromatic heterocycles. The minimum absolute atomic E-state index is 0.164. The highest BCUT2D eigenvalue weighted by Crippen LogP contribution is 2.17. The topological polar surface area (TPSA) is 64.3 Å². The largest absolute Gasteiger partial charge is 0.399 e. The Balaban J connectivity index is 2.70. The summed E-state index contributed by atoms with van der Waals surface area (Å²) in [7, 11) is 1.61. The summed E-state index contributed by atoms with van der Waals surface area (Å²) in [5, 5.41) is 2.80. The predicted octanol–water partition coefficient (Wildman–Crippen LogP) is 2.19. The first kappa shape index (κ1) is 14.0. The van der Waals surface area contributed by atoms with Crippen LogP contribution in [0.15, 0.2) is 22.7 Å². The predicted molar refractivity (Wildman–Crippen MR) is 72.0 cm³/mol. The molecule has 94 valence electrons. The quantitative estimate of drug-likeness (QED) is 0.838. The van der Waals surface area contributed by atoms with Crippen LogP contribution in [-0.2, 0) is 4.74 Å². The first-order valence-electron chi connectivity index (χ1n) is 5.23. The maximum atomic E-state index is 11.9. The van der Waals surface area contributed by atoms with Crippen molar-refractivity contribution in [3.8, 4) is 0 Å².